The molecular weight excluding hydrogens is 569 g/mol. The van der Waals surface area contributed by atoms with E-state index in [-0.39, 0.29) is 34.3 Å². The quantitative estimate of drug-likeness (QED) is 0.229. The Morgan fingerprint density at radius 1 is 0.947 bits per heavy atom. The van der Waals surface area contributed by atoms with E-state index in [0.717, 1.165) is 10.1 Å². The van der Waals surface area contributed by atoms with Crippen molar-refractivity contribution in [3.05, 3.63) is 66.2 Å². The molecule has 4 rings (SSSR count). The zero-order valence-electron chi connectivity index (χ0n) is 20.2. The molecule has 0 saturated carbocycles. The van der Waals surface area contributed by atoms with Crippen LogP contribution in [-0.2, 0) is 20.6 Å². The zero-order valence-corrected chi connectivity index (χ0v) is 23.4. The molecule has 2 N–H and O–H groups in total. The van der Waals surface area contributed by atoms with Gasteiger partial charge in [0.2, 0.25) is 11.8 Å². The number of aromatic nitrogens is 4. The third-order valence-corrected chi connectivity index (χ3v) is 9.31. The van der Waals surface area contributed by atoms with Crippen molar-refractivity contribution in [1.29, 1.82) is 0 Å². The highest BCUT2D eigenvalue weighted by Gasteiger charge is 2.17. The van der Waals surface area contributed by atoms with E-state index < -0.39 is 10.0 Å². The summed E-state index contributed by atoms with van der Waals surface area (Å²) < 4.78 is 39.4. The first kappa shape index (κ1) is 27.6. The monoisotopic (exact) mass is 590 g/mol. The molecule has 1 amide bonds. The lowest BCUT2D eigenvalue weighted by Crippen LogP contribution is -2.16. The molecule has 0 aliphatic heterocycles. The van der Waals surface area contributed by atoms with Crippen LogP contribution in [0.4, 0.5) is 11.5 Å². The number of amides is 1. The van der Waals surface area contributed by atoms with Crippen molar-refractivity contribution in [3.63, 3.8) is 0 Å². The SMILES string of the molecule is COc1cc(NS(=O)(=O)c2ccc(NC(=O)CSc3nnc(SCc4ccccc4)s3)cc2)nc(OC)n1. The zero-order chi connectivity index (χ0) is 27.0. The van der Waals surface area contributed by atoms with Gasteiger partial charge in [0.1, 0.15) is 0 Å². The second-order valence-electron chi connectivity index (χ2n) is 7.36. The fourth-order valence-electron chi connectivity index (χ4n) is 2.92. The summed E-state index contributed by atoms with van der Waals surface area (Å²) in [6, 6.07) is 17.1. The molecule has 0 unspecified atom stereocenters. The number of sulfonamides is 1. The Balaban J connectivity index is 1.28. The molecule has 2 aromatic heterocycles. The van der Waals surface area contributed by atoms with Gasteiger partial charge < -0.3 is 14.8 Å². The first-order chi connectivity index (χ1) is 18.3. The summed E-state index contributed by atoms with van der Waals surface area (Å²) in [5, 5.41) is 11.1. The standard InChI is InChI=1S/C23H22N6O5S4/c1-33-20-12-18(25-21(26-20)34-2)29-38(31,32)17-10-8-16(9-11-17)24-19(30)14-36-23-28-27-22(37-23)35-13-15-6-4-3-5-7-15/h3-12H,13-14H2,1-2H3,(H,24,30)(H,25,26,29). The van der Waals surface area contributed by atoms with Crippen LogP contribution in [0, 0.1) is 0 Å². The van der Waals surface area contributed by atoms with Gasteiger partial charge in [0, 0.05) is 17.5 Å². The van der Waals surface area contributed by atoms with Crippen molar-refractivity contribution in [2.75, 3.05) is 30.0 Å². The van der Waals surface area contributed by atoms with Crippen LogP contribution >= 0.6 is 34.9 Å². The molecule has 198 valence electrons. The summed E-state index contributed by atoms with van der Waals surface area (Å²) in [5.74, 6) is 0.806. The maximum absolute atomic E-state index is 12.8. The number of nitrogens with one attached hydrogen (secondary N) is 2. The molecule has 15 heteroatoms. The third kappa shape index (κ3) is 7.80. The normalized spacial score (nSPS) is 11.1. The molecule has 0 radical (unpaired) electrons. The number of hydrogen-bond donors (Lipinski definition) is 2. The Morgan fingerprint density at radius 3 is 2.34 bits per heavy atom. The lowest BCUT2D eigenvalue weighted by atomic mass is 10.2. The van der Waals surface area contributed by atoms with Gasteiger partial charge in [0.15, 0.2) is 14.5 Å². The van der Waals surface area contributed by atoms with E-state index in [1.54, 1.807) is 11.8 Å². The van der Waals surface area contributed by atoms with E-state index in [2.05, 4.69) is 42.3 Å². The number of anilines is 2. The van der Waals surface area contributed by atoms with Crippen molar-refractivity contribution in [3.8, 4) is 11.9 Å². The van der Waals surface area contributed by atoms with Gasteiger partial charge in [-0.2, -0.15) is 9.97 Å². The number of ether oxygens (including phenoxy) is 2. The maximum Gasteiger partial charge on any atom is 0.321 e. The van der Waals surface area contributed by atoms with Gasteiger partial charge in [0.25, 0.3) is 10.0 Å². The van der Waals surface area contributed by atoms with Crippen LogP contribution in [0.2, 0.25) is 0 Å². The smallest absolute Gasteiger partial charge is 0.321 e. The van der Waals surface area contributed by atoms with Crippen LogP contribution in [0.5, 0.6) is 11.9 Å². The van der Waals surface area contributed by atoms with Crippen molar-refractivity contribution < 1.29 is 22.7 Å². The van der Waals surface area contributed by atoms with E-state index in [4.69, 9.17) is 9.47 Å². The predicted molar refractivity (Wildman–Crippen MR) is 148 cm³/mol. The molecule has 0 saturated heterocycles. The van der Waals surface area contributed by atoms with Crippen molar-refractivity contribution in [1.82, 2.24) is 20.2 Å². The average molecular weight is 591 g/mol. The van der Waals surface area contributed by atoms with Crippen molar-refractivity contribution in [2.45, 2.75) is 19.3 Å². The number of nitrogens with zero attached hydrogens (tertiary/aromatic N) is 4. The maximum atomic E-state index is 12.8. The van der Waals surface area contributed by atoms with Crippen LogP contribution in [0.25, 0.3) is 0 Å². The Morgan fingerprint density at radius 2 is 1.66 bits per heavy atom. The molecule has 0 spiro atoms. The van der Waals surface area contributed by atoms with Crippen LogP contribution < -0.4 is 19.5 Å². The van der Waals surface area contributed by atoms with Gasteiger partial charge >= 0.3 is 6.01 Å². The summed E-state index contributed by atoms with van der Waals surface area (Å²) in [5.41, 5.74) is 1.65. The molecule has 2 aromatic carbocycles. The molecule has 0 bridgehead atoms. The Bertz CT molecular complexity index is 1460. The van der Waals surface area contributed by atoms with E-state index in [1.807, 2.05) is 18.2 Å². The molecule has 4 aromatic rings. The minimum absolute atomic E-state index is 0.0126. The number of hydrogen-bond acceptors (Lipinski definition) is 12. The van der Waals surface area contributed by atoms with Crippen LogP contribution in [0.1, 0.15) is 5.56 Å². The van der Waals surface area contributed by atoms with Gasteiger partial charge in [-0.3, -0.25) is 9.52 Å². The molecule has 38 heavy (non-hydrogen) atoms. The molecule has 2 heterocycles. The molecule has 0 aliphatic rings. The Kier molecular flexibility index (Phi) is 9.38. The second-order valence-corrected chi connectivity index (χ2v) is 12.5. The minimum atomic E-state index is -3.96. The van der Waals surface area contributed by atoms with E-state index in [9.17, 15) is 13.2 Å². The molecule has 0 atom stereocenters. The topological polar surface area (TPSA) is 145 Å². The average Bonchev–Trinajstić information content (AvgIpc) is 3.39. The lowest BCUT2D eigenvalue weighted by Gasteiger charge is -2.10. The van der Waals surface area contributed by atoms with Gasteiger partial charge in [-0.25, -0.2) is 8.42 Å². The fraction of sp³-hybridized carbons (Fsp3) is 0.174. The van der Waals surface area contributed by atoms with Gasteiger partial charge in [0.05, 0.1) is 24.9 Å². The molecular formula is C23H22N6O5S4. The Labute approximate surface area is 231 Å². The second kappa shape index (κ2) is 12.9. The first-order valence-electron chi connectivity index (χ1n) is 10.9. The summed E-state index contributed by atoms with van der Waals surface area (Å²) in [6.07, 6.45) is 0. The number of carbonyl (C=O) groups is 1. The largest absolute Gasteiger partial charge is 0.481 e. The summed E-state index contributed by atoms with van der Waals surface area (Å²) in [6.45, 7) is 0. The third-order valence-electron chi connectivity index (χ3n) is 4.68. The number of carbonyl (C=O) groups excluding carboxylic acids is 1. The van der Waals surface area contributed by atoms with Crippen LogP contribution in [0.3, 0.4) is 0 Å². The van der Waals surface area contributed by atoms with Gasteiger partial charge in [-0.1, -0.05) is 65.2 Å². The molecule has 11 nitrogen and oxygen atoms in total. The van der Waals surface area contributed by atoms with Gasteiger partial charge in [-0.15, -0.1) is 10.2 Å². The summed E-state index contributed by atoms with van der Waals surface area (Å²) in [4.78, 5) is 20.3. The first-order valence-corrected chi connectivity index (χ1v) is 15.1. The van der Waals surface area contributed by atoms with Crippen molar-refractivity contribution in [2.24, 2.45) is 0 Å². The van der Waals surface area contributed by atoms with Crippen molar-refractivity contribution >= 4 is 62.3 Å². The van der Waals surface area contributed by atoms with Gasteiger partial charge in [-0.05, 0) is 29.8 Å². The Hall–Kier alpha value is -3.40. The van der Waals surface area contributed by atoms with E-state index >= 15 is 0 Å². The van der Waals surface area contributed by atoms with Crippen LogP contribution in [-0.4, -0.2) is 54.5 Å². The molecule has 0 fully saturated rings. The van der Waals surface area contributed by atoms with E-state index in [0.29, 0.717) is 10.0 Å². The number of methoxy groups -OCH3 is 2. The summed E-state index contributed by atoms with van der Waals surface area (Å²) >= 11 is 4.32. The highest BCUT2D eigenvalue weighted by atomic mass is 32.2. The number of rotatable bonds is 12. The van der Waals surface area contributed by atoms with Crippen LogP contribution in [0.15, 0.2) is 74.2 Å². The lowest BCUT2D eigenvalue weighted by molar-refractivity contribution is -0.113. The predicted octanol–water partition coefficient (Wildman–Crippen LogP) is 4.17. The highest BCUT2D eigenvalue weighted by molar-refractivity contribution is 8.03. The highest BCUT2D eigenvalue weighted by Crippen LogP contribution is 2.30. The molecule has 0 aliphatic carbocycles. The fourth-order valence-corrected chi connectivity index (χ4v) is 6.69. The number of thioether (sulfide) groups is 2. The van der Waals surface area contributed by atoms with E-state index in [1.165, 1.54) is 73.2 Å². The minimum Gasteiger partial charge on any atom is -0.481 e. The number of benzene rings is 2. The summed E-state index contributed by atoms with van der Waals surface area (Å²) in [7, 11) is -1.21.